The van der Waals surface area contributed by atoms with Gasteiger partial charge in [0.25, 0.3) is 0 Å². The first-order chi connectivity index (χ1) is 2.39. The molecule has 1 nitrogen and oxygen atoms in total. The molecule has 0 aromatic carbocycles. The highest BCUT2D eigenvalue weighted by atomic mass is 16.1. The van der Waals surface area contributed by atoms with Crippen LogP contribution < -0.4 is 0 Å². The van der Waals surface area contributed by atoms with Crippen molar-refractivity contribution in [1.29, 1.82) is 0 Å². The molecule has 0 spiro atoms. The molecular weight excluding hydrogens is 64.0 g/mol. The van der Waals surface area contributed by atoms with Crippen molar-refractivity contribution in [1.82, 2.24) is 0 Å². The van der Waals surface area contributed by atoms with Crippen LogP contribution in [0.25, 0.3) is 0 Å². The van der Waals surface area contributed by atoms with Gasteiger partial charge in [-0.05, 0) is 12.2 Å². The Balaban J connectivity index is 2.71. The summed E-state index contributed by atoms with van der Waals surface area (Å²) in [6.45, 7) is 0. The zero-order valence-corrected chi connectivity index (χ0v) is 2.69. The predicted molar refractivity (Wildman–Crippen MR) is 17.4 cm³/mol. The van der Waals surface area contributed by atoms with Gasteiger partial charge in [0.2, 0.25) is 0 Å². The summed E-state index contributed by atoms with van der Waals surface area (Å²) in [4.78, 5) is 9.78. The summed E-state index contributed by atoms with van der Waals surface area (Å²) in [5.41, 5.74) is 0. The standard InChI is InChI=1S/C4H3O/c5-4-2-1-3-4/h2H,3H2. The Morgan fingerprint density at radius 3 is 2.40 bits per heavy atom. The van der Waals surface area contributed by atoms with Crippen molar-refractivity contribution in [3.05, 3.63) is 12.2 Å². The molecule has 0 heterocycles. The largest absolute Gasteiger partial charge is 0.294 e. The van der Waals surface area contributed by atoms with E-state index in [1.807, 2.05) is 0 Å². The Kier molecular flexibility index (Phi) is 0.357. The molecule has 0 bridgehead atoms. The summed E-state index contributed by atoms with van der Waals surface area (Å²) >= 11 is 0. The molecule has 1 radical (unpaired) electrons. The van der Waals surface area contributed by atoms with Crippen molar-refractivity contribution in [2.24, 2.45) is 0 Å². The number of carbonyl (C=O) groups is 1. The van der Waals surface area contributed by atoms with Gasteiger partial charge in [-0.1, -0.05) is 0 Å². The monoisotopic (exact) mass is 67.0 g/mol. The maximum absolute atomic E-state index is 9.78. The highest BCUT2D eigenvalue weighted by molar-refractivity contribution is 5.95. The normalized spacial score (nSPS) is 18.8. The molecule has 0 unspecified atom stereocenters. The lowest BCUT2D eigenvalue weighted by Crippen LogP contribution is -1.97. The minimum absolute atomic E-state index is 0.199. The molecule has 1 aliphatic rings. The predicted octanol–water partition coefficient (Wildman–Crippen LogP) is 0.319. The van der Waals surface area contributed by atoms with Crippen LogP contribution >= 0.6 is 0 Å². The van der Waals surface area contributed by atoms with E-state index >= 15 is 0 Å². The summed E-state index contributed by atoms with van der Waals surface area (Å²) < 4.78 is 0. The van der Waals surface area contributed by atoms with Gasteiger partial charge in [-0.3, -0.25) is 4.79 Å². The van der Waals surface area contributed by atoms with Crippen LogP contribution in [0.15, 0.2) is 6.08 Å². The van der Waals surface area contributed by atoms with E-state index in [-0.39, 0.29) is 5.78 Å². The summed E-state index contributed by atoms with van der Waals surface area (Å²) in [5, 5.41) is 0. The Hall–Kier alpha value is -0.590. The van der Waals surface area contributed by atoms with Gasteiger partial charge in [0.15, 0.2) is 5.78 Å². The van der Waals surface area contributed by atoms with Gasteiger partial charge in [0, 0.05) is 6.42 Å². The number of hydrogen-bond acceptors (Lipinski definition) is 1. The number of hydrogen-bond donors (Lipinski definition) is 0. The number of rotatable bonds is 0. The molecule has 1 aliphatic carbocycles. The Morgan fingerprint density at radius 1 is 2.00 bits per heavy atom. The third kappa shape index (κ3) is 0.232. The van der Waals surface area contributed by atoms with Crippen LogP contribution in [0.3, 0.4) is 0 Å². The SMILES string of the molecule is O=C1C=[C]C1. The molecular formula is C4H3O. The molecule has 1 rings (SSSR count). The van der Waals surface area contributed by atoms with Crippen LogP contribution in [0.4, 0.5) is 0 Å². The van der Waals surface area contributed by atoms with Crippen LogP contribution in [-0.2, 0) is 4.79 Å². The zero-order chi connectivity index (χ0) is 3.70. The first-order valence-electron chi connectivity index (χ1n) is 1.49. The summed E-state index contributed by atoms with van der Waals surface area (Å²) in [6.07, 6.45) is 4.69. The van der Waals surface area contributed by atoms with Crippen LogP contribution in [-0.4, -0.2) is 5.78 Å². The lowest BCUT2D eigenvalue weighted by molar-refractivity contribution is -0.115. The lowest BCUT2D eigenvalue weighted by Gasteiger charge is -1.91. The zero-order valence-electron chi connectivity index (χ0n) is 2.69. The molecule has 0 fully saturated rings. The molecule has 0 aromatic heterocycles. The fourth-order valence-corrected chi connectivity index (χ4v) is 0.185. The van der Waals surface area contributed by atoms with Crippen LogP contribution in [0.2, 0.25) is 0 Å². The van der Waals surface area contributed by atoms with E-state index in [0.29, 0.717) is 6.42 Å². The summed E-state index contributed by atoms with van der Waals surface area (Å²) in [5.74, 6) is 0.199. The minimum atomic E-state index is 0.199. The molecule has 0 aromatic rings. The molecule has 0 amide bonds. The first kappa shape index (κ1) is 2.64. The van der Waals surface area contributed by atoms with Crippen LogP contribution in [0.1, 0.15) is 6.42 Å². The van der Waals surface area contributed by atoms with Crippen molar-refractivity contribution in [2.75, 3.05) is 0 Å². The molecule has 0 aliphatic heterocycles. The molecule has 0 N–H and O–H groups in total. The smallest absolute Gasteiger partial charge is 0.160 e. The van der Waals surface area contributed by atoms with Crippen LogP contribution in [0.5, 0.6) is 0 Å². The van der Waals surface area contributed by atoms with E-state index in [4.69, 9.17) is 0 Å². The summed E-state index contributed by atoms with van der Waals surface area (Å²) in [6, 6.07) is 0. The maximum Gasteiger partial charge on any atom is 0.160 e. The van der Waals surface area contributed by atoms with Gasteiger partial charge in [-0.2, -0.15) is 0 Å². The molecule has 1 heteroatoms. The fraction of sp³-hybridized carbons (Fsp3) is 0.250. The van der Waals surface area contributed by atoms with E-state index in [9.17, 15) is 4.79 Å². The van der Waals surface area contributed by atoms with Crippen molar-refractivity contribution >= 4 is 5.78 Å². The Morgan fingerprint density at radius 2 is 2.40 bits per heavy atom. The molecule has 25 valence electrons. The van der Waals surface area contributed by atoms with Crippen molar-refractivity contribution in [3.63, 3.8) is 0 Å². The van der Waals surface area contributed by atoms with E-state index in [2.05, 4.69) is 6.08 Å². The second-order valence-corrected chi connectivity index (χ2v) is 0.992. The van der Waals surface area contributed by atoms with E-state index < -0.39 is 0 Å². The van der Waals surface area contributed by atoms with Crippen molar-refractivity contribution in [3.8, 4) is 0 Å². The van der Waals surface area contributed by atoms with Gasteiger partial charge in [-0.15, -0.1) is 0 Å². The Labute approximate surface area is 30.3 Å². The van der Waals surface area contributed by atoms with Gasteiger partial charge in [-0.25, -0.2) is 0 Å². The van der Waals surface area contributed by atoms with E-state index in [0.717, 1.165) is 0 Å². The average molecular weight is 67.1 g/mol. The number of ketones is 1. The maximum atomic E-state index is 9.78. The second-order valence-electron chi connectivity index (χ2n) is 0.992. The third-order valence-corrected chi connectivity index (χ3v) is 0.539. The summed E-state index contributed by atoms with van der Waals surface area (Å²) in [7, 11) is 0. The lowest BCUT2D eigenvalue weighted by atomic mass is 10.1. The molecule has 0 atom stereocenters. The molecule has 0 saturated carbocycles. The average Bonchev–Trinajstić information content (AvgIpc) is 1.30. The topological polar surface area (TPSA) is 17.1 Å². The quantitative estimate of drug-likeness (QED) is 0.398. The van der Waals surface area contributed by atoms with Crippen molar-refractivity contribution < 1.29 is 4.79 Å². The van der Waals surface area contributed by atoms with E-state index in [1.54, 1.807) is 0 Å². The highest BCUT2D eigenvalue weighted by Crippen LogP contribution is 1.95. The molecule has 5 heavy (non-hydrogen) atoms. The highest BCUT2D eigenvalue weighted by Gasteiger charge is 1.99. The van der Waals surface area contributed by atoms with Gasteiger partial charge >= 0.3 is 0 Å². The van der Waals surface area contributed by atoms with Crippen LogP contribution in [0, 0.1) is 6.08 Å². The second kappa shape index (κ2) is 0.677. The van der Waals surface area contributed by atoms with Gasteiger partial charge < -0.3 is 0 Å². The van der Waals surface area contributed by atoms with Gasteiger partial charge in [0.1, 0.15) is 0 Å². The third-order valence-electron chi connectivity index (χ3n) is 0.539. The first-order valence-corrected chi connectivity index (χ1v) is 1.49. The fourth-order valence-electron chi connectivity index (χ4n) is 0.185. The Bertz CT molecular complexity index is 81.6. The number of carbonyl (C=O) groups excluding carboxylic acids is 1. The minimum Gasteiger partial charge on any atom is -0.294 e. The van der Waals surface area contributed by atoms with Gasteiger partial charge in [0.05, 0.1) is 0 Å². The molecule has 0 saturated heterocycles. The van der Waals surface area contributed by atoms with E-state index in [1.165, 1.54) is 6.08 Å². The number of allylic oxidation sites excluding steroid dienone is 2. The van der Waals surface area contributed by atoms with Crippen molar-refractivity contribution in [2.45, 2.75) is 6.42 Å².